The summed E-state index contributed by atoms with van der Waals surface area (Å²) in [6.45, 7) is 0.696. The zero-order valence-corrected chi connectivity index (χ0v) is 9.51. The van der Waals surface area contributed by atoms with Gasteiger partial charge in [-0.25, -0.2) is 4.98 Å². The van der Waals surface area contributed by atoms with Crippen molar-refractivity contribution in [3.8, 4) is 0 Å². The second-order valence-corrected chi connectivity index (χ2v) is 4.06. The fourth-order valence-electron chi connectivity index (χ4n) is 1.11. The molecule has 0 bridgehead atoms. The van der Waals surface area contributed by atoms with Gasteiger partial charge in [0, 0.05) is 18.3 Å². The zero-order chi connectivity index (χ0) is 11.1. The Morgan fingerprint density at radius 1 is 1.67 bits per heavy atom. The molecule has 1 heterocycles. The lowest BCUT2D eigenvalue weighted by Gasteiger charge is -2.04. The summed E-state index contributed by atoms with van der Waals surface area (Å²) in [4.78, 5) is 15.4. The molecule has 1 aromatic rings. The molecule has 0 saturated heterocycles. The Hall–Kier alpha value is -1.23. The Balaban J connectivity index is 2.40. The number of hydrogen-bond acceptors (Lipinski definition) is 4. The van der Waals surface area contributed by atoms with E-state index in [0.29, 0.717) is 17.9 Å². The number of amides is 1. The van der Waals surface area contributed by atoms with Gasteiger partial charge >= 0.3 is 0 Å². The van der Waals surface area contributed by atoms with Crippen LogP contribution in [0.3, 0.4) is 0 Å². The highest BCUT2D eigenvalue weighted by Crippen LogP contribution is 2.02. The molecule has 0 aliphatic rings. The van der Waals surface area contributed by atoms with Crippen molar-refractivity contribution in [2.75, 3.05) is 24.3 Å². The second kappa shape index (κ2) is 6.29. The number of anilines is 1. The number of carbonyl (C=O) groups is 1. The summed E-state index contributed by atoms with van der Waals surface area (Å²) < 4.78 is 0. The van der Waals surface area contributed by atoms with E-state index in [1.165, 1.54) is 6.20 Å². The minimum Gasteiger partial charge on any atom is -0.384 e. The van der Waals surface area contributed by atoms with Crippen molar-refractivity contribution < 1.29 is 4.79 Å². The molecule has 1 amide bonds. The summed E-state index contributed by atoms with van der Waals surface area (Å²) >= 11 is 1.77. The number of hydrogen-bond donors (Lipinski definition) is 2. The van der Waals surface area contributed by atoms with E-state index in [4.69, 9.17) is 5.73 Å². The van der Waals surface area contributed by atoms with E-state index in [9.17, 15) is 4.79 Å². The van der Waals surface area contributed by atoms with Gasteiger partial charge in [0.2, 0.25) is 0 Å². The highest BCUT2D eigenvalue weighted by molar-refractivity contribution is 7.98. The van der Waals surface area contributed by atoms with Gasteiger partial charge in [-0.15, -0.1) is 0 Å². The maximum absolute atomic E-state index is 11.6. The smallest absolute Gasteiger partial charge is 0.251 e. The molecular weight excluding hydrogens is 210 g/mol. The molecule has 0 aliphatic heterocycles. The molecule has 3 N–H and O–H groups in total. The number of nitrogens with one attached hydrogen (secondary N) is 1. The van der Waals surface area contributed by atoms with E-state index in [2.05, 4.69) is 10.3 Å². The lowest BCUT2D eigenvalue weighted by molar-refractivity contribution is 0.0953. The van der Waals surface area contributed by atoms with Gasteiger partial charge in [0.15, 0.2) is 0 Å². The van der Waals surface area contributed by atoms with E-state index in [1.807, 2.05) is 6.26 Å². The van der Waals surface area contributed by atoms with Crippen molar-refractivity contribution in [3.63, 3.8) is 0 Å². The highest BCUT2D eigenvalue weighted by Gasteiger charge is 2.04. The number of rotatable bonds is 5. The molecule has 4 nitrogen and oxygen atoms in total. The van der Waals surface area contributed by atoms with Crippen LogP contribution in [0.15, 0.2) is 18.3 Å². The first-order chi connectivity index (χ1) is 7.24. The first-order valence-electron chi connectivity index (χ1n) is 4.72. The number of nitrogens with two attached hydrogens (primary N) is 1. The molecule has 82 valence electrons. The quantitative estimate of drug-likeness (QED) is 0.738. The molecule has 15 heavy (non-hydrogen) atoms. The SMILES string of the molecule is CSCCCNC(=O)c1ccnc(N)c1. The maximum Gasteiger partial charge on any atom is 0.251 e. The van der Waals surface area contributed by atoms with E-state index in [1.54, 1.807) is 23.9 Å². The number of nitrogen functional groups attached to an aromatic ring is 1. The number of thioether (sulfide) groups is 1. The van der Waals surface area contributed by atoms with Crippen LogP contribution in [0.1, 0.15) is 16.8 Å². The minimum atomic E-state index is -0.0924. The summed E-state index contributed by atoms with van der Waals surface area (Å²) in [5.74, 6) is 1.33. The molecule has 0 radical (unpaired) electrons. The average molecular weight is 225 g/mol. The van der Waals surface area contributed by atoms with Crippen LogP contribution in [-0.4, -0.2) is 29.4 Å². The Bertz CT molecular complexity index is 330. The summed E-state index contributed by atoms with van der Waals surface area (Å²) in [6.07, 6.45) is 4.56. The number of aromatic nitrogens is 1. The molecule has 0 atom stereocenters. The molecule has 0 unspecified atom stereocenters. The zero-order valence-electron chi connectivity index (χ0n) is 8.69. The molecular formula is C10H15N3OS. The lowest BCUT2D eigenvalue weighted by atomic mass is 10.2. The van der Waals surface area contributed by atoms with Crippen LogP contribution in [0.25, 0.3) is 0 Å². The van der Waals surface area contributed by atoms with E-state index in [-0.39, 0.29) is 5.91 Å². The summed E-state index contributed by atoms with van der Waals surface area (Å²) in [7, 11) is 0. The normalized spacial score (nSPS) is 9.93. The summed E-state index contributed by atoms with van der Waals surface area (Å²) in [5, 5.41) is 2.83. The third-order valence-corrected chi connectivity index (χ3v) is 2.55. The van der Waals surface area contributed by atoms with Crippen LogP contribution >= 0.6 is 11.8 Å². The highest BCUT2D eigenvalue weighted by atomic mass is 32.2. The Kier molecular flexibility index (Phi) is 4.97. The minimum absolute atomic E-state index is 0.0924. The first-order valence-corrected chi connectivity index (χ1v) is 6.12. The molecule has 5 heteroatoms. The van der Waals surface area contributed by atoms with Gasteiger partial charge in [-0.3, -0.25) is 4.79 Å². The molecule has 0 saturated carbocycles. The first kappa shape index (κ1) is 11.8. The van der Waals surface area contributed by atoms with Crippen LogP contribution in [0.4, 0.5) is 5.82 Å². The fourth-order valence-corrected chi connectivity index (χ4v) is 1.54. The van der Waals surface area contributed by atoms with Crippen LogP contribution < -0.4 is 11.1 Å². The largest absolute Gasteiger partial charge is 0.384 e. The molecule has 1 rings (SSSR count). The standard InChI is InChI=1S/C10H15N3OS/c1-15-6-2-4-13-10(14)8-3-5-12-9(11)7-8/h3,5,7H,2,4,6H2,1H3,(H2,11,12)(H,13,14). The molecule has 1 aromatic heterocycles. The van der Waals surface area contributed by atoms with Crippen molar-refractivity contribution >= 4 is 23.5 Å². The van der Waals surface area contributed by atoms with E-state index < -0.39 is 0 Å². The molecule has 0 spiro atoms. The van der Waals surface area contributed by atoms with E-state index in [0.717, 1.165) is 12.2 Å². The van der Waals surface area contributed by atoms with Gasteiger partial charge in [0.25, 0.3) is 5.91 Å². The van der Waals surface area contributed by atoms with Crippen LogP contribution in [0.5, 0.6) is 0 Å². The third-order valence-electron chi connectivity index (χ3n) is 1.85. The molecule has 0 aromatic carbocycles. The van der Waals surface area contributed by atoms with Gasteiger partial charge in [0.05, 0.1) is 0 Å². The van der Waals surface area contributed by atoms with Crippen molar-refractivity contribution in [1.29, 1.82) is 0 Å². The van der Waals surface area contributed by atoms with Crippen molar-refractivity contribution in [1.82, 2.24) is 10.3 Å². The van der Waals surface area contributed by atoms with Crippen LogP contribution in [0.2, 0.25) is 0 Å². The third kappa shape index (κ3) is 4.20. The average Bonchev–Trinajstić information content (AvgIpc) is 2.24. The van der Waals surface area contributed by atoms with Gasteiger partial charge in [-0.1, -0.05) is 0 Å². The topological polar surface area (TPSA) is 68.0 Å². The Labute approximate surface area is 93.7 Å². The van der Waals surface area contributed by atoms with Gasteiger partial charge in [-0.2, -0.15) is 11.8 Å². The van der Waals surface area contributed by atoms with Crippen LogP contribution in [0, 0.1) is 0 Å². The Morgan fingerprint density at radius 2 is 2.47 bits per heavy atom. The maximum atomic E-state index is 11.6. The van der Waals surface area contributed by atoms with Crippen molar-refractivity contribution in [2.24, 2.45) is 0 Å². The summed E-state index contributed by atoms with van der Waals surface area (Å²) in [6, 6.07) is 3.23. The number of pyridine rings is 1. The van der Waals surface area contributed by atoms with Crippen molar-refractivity contribution in [2.45, 2.75) is 6.42 Å². The molecule has 0 aliphatic carbocycles. The number of carbonyl (C=O) groups excluding carboxylic acids is 1. The van der Waals surface area contributed by atoms with Crippen molar-refractivity contribution in [3.05, 3.63) is 23.9 Å². The number of nitrogens with zero attached hydrogens (tertiary/aromatic N) is 1. The predicted octanol–water partition coefficient (Wildman–Crippen LogP) is 1.15. The molecule has 0 fully saturated rings. The monoisotopic (exact) mass is 225 g/mol. The lowest BCUT2D eigenvalue weighted by Crippen LogP contribution is -2.24. The van der Waals surface area contributed by atoms with Crippen LogP contribution in [-0.2, 0) is 0 Å². The summed E-state index contributed by atoms with van der Waals surface area (Å²) in [5.41, 5.74) is 6.04. The fraction of sp³-hybridized carbons (Fsp3) is 0.400. The van der Waals surface area contributed by atoms with Gasteiger partial charge in [0.1, 0.15) is 5.82 Å². The van der Waals surface area contributed by atoms with Gasteiger partial charge < -0.3 is 11.1 Å². The Morgan fingerprint density at radius 3 is 3.13 bits per heavy atom. The second-order valence-electron chi connectivity index (χ2n) is 3.07. The van der Waals surface area contributed by atoms with E-state index >= 15 is 0 Å². The predicted molar refractivity (Wildman–Crippen MR) is 64.0 cm³/mol. The van der Waals surface area contributed by atoms with Gasteiger partial charge in [-0.05, 0) is 30.6 Å².